The quantitative estimate of drug-likeness (QED) is 0.904. The molecule has 3 rings (SSSR count). The Labute approximate surface area is 152 Å². The van der Waals surface area contributed by atoms with Gasteiger partial charge in [0.1, 0.15) is 0 Å². The van der Waals surface area contributed by atoms with Crippen molar-refractivity contribution in [2.24, 2.45) is 0 Å². The lowest BCUT2D eigenvalue weighted by Gasteiger charge is -2.37. The van der Waals surface area contributed by atoms with Crippen LogP contribution < -0.4 is 0 Å². The fourth-order valence-corrected chi connectivity index (χ4v) is 3.02. The first-order valence-electron chi connectivity index (χ1n) is 8.65. The van der Waals surface area contributed by atoms with E-state index in [4.69, 9.17) is 5.11 Å². The summed E-state index contributed by atoms with van der Waals surface area (Å²) in [5.74, 6) is -1.10. The maximum atomic E-state index is 12.7. The highest BCUT2D eigenvalue weighted by Gasteiger charge is 2.23. The first-order chi connectivity index (χ1) is 12.5. The second-order valence-electron chi connectivity index (χ2n) is 6.59. The number of nitrogens with zero attached hydrogens (tertiary/aromatic N) is 4. The average molecular weight is 354 g/mol. The van der Waals surface area contributed by atoms with Crippen LogP contribution in [0, 0.1) is 0 Å². The summed E-state index contributed by atoms with van der Waals surface area (Å²) in [6.45, 7) is 7.56. The number of carboxylic acid groups (broad SMARTS) is 1. The van der Waals surface area contributed by atoms with Crippen molar-refractivity contribution in [1.29, 1.82) is 0 Å². The van der Waals surface area contributed by atoms with Gasteiger partial charge in [0.2, 0.25) is 0 Å². The molecular weight excluding hydrogens is 332 g/mol. The Kier molecular flexibility index (Phi) is 5.27. The number of carbonyl (C=O) groups excluding carboxylic acids is 1. The second kappa shape index (κ2) is 7.61. The van der Waals surface area contributed by atoms with E-state index < -0.39 is 5.97 Å². The van der Waals surface area contributed by atoms with Crippen molar-refractivity contribution in [2.75, 3.05) is 26.2 Å². The summed E-state index contributed by atoms with van der Waals surface area (Å²) in [6.07, 6.45) is 2.72. The molecule has 1 aliphatic heterocycles. The third-order valence-corrected chi connectivity index (χ3v) is 4.61. The molecule has 1 aromatic carbocycles. The molecule has 0 aliphatic carbocycles. The molecule has 7 heteroatoms. The van der Waals surface area contributed by atoms with Crippen LogP contribution in [-0.4, -0.2) is 69.0 Å². The van der Waals surface area contributed by atoms with Crippen LogP contribution in [0.2, 0.25) is 0 Å². The van der Waals surface area contributed by atoms with Gasteiger partial charge in [0.25, 0.3) is 5.91 Å². The van der Waals surface area contributed by atoms with Crippen LogP contribution >= 0.6 is 0 Å². The zero-order chi connectivity index (χ0) is 18.7. The van der Waals surface area contributed by atoms with Gasteiger partial charge in [-0.25, -0.2) is 9.78 Å². The number of piperazine rings is 1. The zero-order valence-electron chi connectivity index (χ0n) is 14.9. The molecule has 2 heterocycles. The highest BCUT2D eigenvalue weighted by molar-refractivity contribution is 5.94. The molecule has 1 fully saturated rings. The number of carbonyl (C=O) groups is 2. The van der Waals surface area contributed by atoms with E-state index in [2.05, 4.69) is 28.7 Å². The van der Waals surface area contributed by atoms with Gasteiger partial charge >= 0.3 is 5.97 Å². The first-order valence-corrected chi connectivity index (χ1v) is 8.65. The van der Waals surface area contributed by atoms with Crippen molar-refractivity contribution in [3.63, 3.8) is 0 Å². The lowest BCUT2D eigenvalue weighted by Crippen LogP contribution is -2.50. The number of amides is 1. The number of rotatable bonds is 4. The van der Waals surface area contributed by atoms with Gasteiger partial charge in [-0.15, -0.1) is 0 Å². The summed E-state index contributed by atoms with van der Waals surface area (Å²) in [4.78, 5) is 35.9. The Balaban J connectivity index is 1.71. The normalized spacial score (nSPS) is 15.3. The van der Waals surface area contributed by atoms with Gasteiger partial charge in [0.05, 0.1) is 18.1 Å². The SMILES string of the molecule is CC(C)N1CCN(C(=O)c2ccc(-c3cncc(C(=O)O)n3)cc2)CC1. The molecule has 7 nitrogen and oxygen atoms in total. The predicted molar refractivity (Wildman–Crippen MR) is 97.0 cm³/mol. The van der Waals surface area contributed by atoms with E-state index in [1.54, 1.807) is 24.3 Å². The summed E-state index contributed by atoms with van der Waals surface area (Å²) >= 11 is 0. The van der Waals surface area contributed by atoms with Gasteiger partial charge in [-0.2, -0.15) is 0 Å². The maximum absolute atomic E-state index is 12.7. The van der Waals surface area contributed by atoms with Gasteiger partial charge in [0, 0.05) is 43.3 Å². The molecule has 1 aliphatic rings. The summed E-state index contributed by atoms with van der Waals surface area (Å²) < 4.78 is 0. The number of aromatic carboxylic acids is 1. The summed E-state index contributed by atoms with van der Waals surface area (Å²) in [5.41, 5.74) is 1.70. The number of hydrogen-bond donors (Lipinski definition) is 1. The van der Waals surface area contributed by atoms with Crippen LogP contribution in [0.3, 0.4) is 0 Å². The molecule has 1 amide bonds. The largest absolute Gasteiger partial charge is 0.476 e. The lowest BCUT2D eigenvalue weighted by molar-refractivity contribution is 0.0595. The number of hydrogen-bond acceptors (Lipinski definition) is 5. The third kappa shape index (κ3) is 3.88. The zero-order valence-corrected chi connectivity index (χ0v) is 14.9. The molecule has 0 saturated carbocycles. The van der Waals surface area contributed by atoms with Crippen molar-refractivity contribution in [2.45, 2.75) is 19.9 Å². The fourth-order valence-electron chi connectivity index (χ4n) is 3.02. The Morgan fingerprint density at radius 3 is 2.27 bits per heavy atom. The lowest BCUT2D eigenvalue weighted by atomic mass is 10.1. The third-order valence-electron chi connectivity index (χ3n) is 4.61. The van der Waals surface area contributed by atoms with Gasteiger partial charge in [-0.05, 0) is 26.0 Å². The van der Waals surface area contributed by atoms with Crippen LogP contribution in [0.5, 0.6) is 0 Å². The van der Waals surface area contributed by atoms with Gasteiger partial charge in [0.15, 0.2) is 5.69 Å². The second-order valence-corrected chi connectivity index (χ2v) is 6.59. The molecule has 1 N–H and O–H groups in total. The Morgan fingerprint density at radius 2 is 1.69 bits per heavy atom. The minimum absolute atomic E-state index is 0.0188. The van der Waals surface area contributed by atoms with Crippen molar-refractivity contribution in [1.82, 2.24) is 19.8 Å². The topological polar surface area (TPSA) is 86.6 Å². The Hall–Kier alpha value is -2.80. The minimum atomic E-state index is -1.12. The van der Waals surface area contributed by atoms with Crippen LogP contribution in [-0.2, 0) is 0 Å². The van der Waals surface area contributed by atoms with Gasteiger partial charge in [-0.1, -0.05) is 12.1 Å². The summed E-state index contributed by atoms with van der Waals surface area (Å²) in [7, 11) is 0. The number of carboxylic acids is 1. The van der Waals surface area contributed by atoms with E-state index in [1.165, 1.54) is 12.4 Å². The minimum Gasteiger partial charge on any atom is -0.476 e. The Morgan fingerprint density at radius 1 is 1.04 bits per heavy atom. The molecule has 0 spiro atoms. The molecule has 1 aromatic heterocycles. The van der Waals surface area contributed by atoms with Crippen molar-refractivity contribution >= 4 is 11.9 Å². The molecule has 0 bridgehead atoms. The van der Waals surface area contributed by atoms with E-state index in [-0.39, 0.29) is 11.6 Å². The summed E-state index contributed by atoms with van der Waals surface area (Å²) in [5, 5.41) is 9.01. The average Bonchev–Trinajstić information content (AvgIpc) is 2.67. The predicted octanol–water partition coefficient (Wildman–Crippen LogP) is 2.01. The number of benzene rings is 1. The molecule has 2 aromatic rings. The highest BCUT2D eigenvalue weighted by atomic mass is 16.4. The van der Waals surface area contributed by atoms with E-state index in [1.807, 2.05) is 4.90 Å². The van der Waals surface area contributed by atoms with Gasteiger partial charge in [-0.3, -0.25) is 14.7 Å². The van der Waals surface area contributed by atoms with Crippen LogP contribution in [0.4, 0.5) is 0 Å². The smallest absolute Gasteiger partial charge is 0.356 e. The van der Waals surface area contributed by atoms with E-state index in [0.717, 1.165) is 31.7 Å². The van der Waals surface area contributed by atoms with E-state index >= 15 is 0 Å². The molecule has 136 valence electrons. The molecular formula is C19H22N4O3. The van der Waals surface area contributed by atoms with Crippen molar-refractivity contribution in [3.05, 3.63) is 47.9 Å². The van der Waals surface area contributed by atoms with E-state index in [0.29, 0.717) is 17.3 Å². The van der Waals surface area contributed by atoms with Crippen molar-refractivity contribution < 1.29 is 14.7 Å². The van der Waals surface area contributed by atoms with Gasteiger partial charge < -0.3 is 10.0 Å². The fraction of sp³-hybridized carbons (Fsp3) is 0.368. The molecule has 0 unspecified atom stereocenters. The molecule has 1 saturated heterocycles. The highest BCUT2D eigenvalue weighted by Crippen LogP contribution is 2.18. The summed E-state index contributed by atoms with van der Waals surface area (Å²) in [6, 6.07) is 7.54. The Bertz CT molecular complexity index is 797. The first kappa shape index (κ1) is 18.0. The van der Waals surface area contributed by atoms with Crippen LogP contribution in [0.1, 0.15) is 34.7 Å². The van der Waals surface area contributed by atoms with Crippen LogP contribution in [0.25, 0.3) is 11.3 Å². The number of aromatic nitrogens is 2. The van der Waals surface area contributed by atoms with Crippen molar-refractivity contribution in [3.8, 4) is 11.3 Å². The maximum Gasteiger partial charge on any atom is 0.356 e. The molecule has 0 atom stereocenters. The monoisotopic (exact) mass is 354 g/mol. The van der Waals surface area contributed by atoms with E-state index in [9.17, 15) is 9.59 Å². The van der Waals surface area contributed by atoms with Crippen LogP contribution in [0.15, 0.2) is 36.7 Å². The molecule has 26 heavy (non-hydrogen) atoms. The molecule has 0 radical (unpaired) electrons. The standard InChI is InChI=1S/C19H22N4O3/c1-13(2)22-7-9-23(10-8-22)18(24)15-5-3-14(4-6-15)16-11-20-12-17(21-16)19(25)26/h3-6,11-13H,7-10H2,1-2H3,(H,25,26).